The second-order valence-corrected chi connectivity index (χ2v) is 11.4. The van der Waals surface area contributed by atoms with Gasteiger partial charge in [0.1, 0.15) is 24.7 Å². The maximum Gasteiger partial charge on any atom is 0.345 e. The molecule has 0 saturated carbocycles. The van der Waals surface area contributed by atoms with Gasteiger partial charge in [0.25, 0.3) is 10.1 Å². The van der Waals surface area contributed by atoms with E-state index in [0.29, 0.717) is 63.4 Å². The Morgan fingerprint density at radius 1 is 0.976 bits per heavy atom. The maximum atomic E-state index is 14.0. The third-order valence-corrected chi connectivity index (χ3v) is 7.75. The van der Waals surface area contributed by atoms with Gasteiger partial charge in [-0.05, 0) is 55.3 Å². The van der Waals surface area contributed by atoms with Crippen LogP contribution in [0.2, 0.25) is 0 Å². The van der Waals surface area contributed by atoms with Crippen LogP contribution in [-0.2, 0) is 16.7 Å². The van der Waals surface area contributed by atoms with E-state index in [1.165, 1.54) is 19.2 Å². The molecule has 4 aromatic rings. The summed E-state index contributed by atoms with van der Waals surface area (Å²) in [6.07, 6.45) is -1.56. The van der Waals surface area contributed by atoms with Crippen LogP contribution in [-0.4, -0.2) is 55.2 Å². The molecule has 1 aliphatic heterocycles. The van der Waals surface area contributed by atoms with Gasteiger partial charge in [-0.2, -0.15) is 13.0 Å². The number of aromatic nitrogens is 1. The molecule has 11 nitrogen and oxygen atoms in total. The van der Waals surface area contributed by atoms with Crippen molar-refractivity contribution in [2.45, 2.75) is 33.1 Å². The molecular formula is C29H30NO10S+. The molecule has 0 bridgehead atoms. The number of ether oxygens (including phenoxy) is 4. The fraction of sp³-hybridized carbons (Fsp3) is 0.310. The lowest BCUT2D eigenvalue weighted by atomic mass is 10.00. The summed E-state index contributed by atoms with van der Waals surface area (Å²) in [5.74, 6) is 0.582. The lowest BCUT2D eigenvalue weighted by Crippen LogP contribution is -2.37. The molecule has 5 rings (SSSR count). The van der Waals surface area contributed by atoms with Crippen molar-refractivity contribution in [3.8, 4) is 23.0 Å². The topological polar surface area (TPSA) is 153 Å². The first-order valence-corrected chi connectivity index (χ1v) is 14.5. The third kappa shape index (κ3) is 5.77. The van der Waals surface area contributed by atoms with Gasteiger partial charge in [0.05, 0.1) is 35.3 Å². The van der Waals surface area contributed by atoms with Crippen LogP contribution >= 0.6 is 0 Å². The SMILES string of the molecule is COc1ccc2c(c1)c(C(=O)Oc1c(C)cc(C(O)O)cc1C)c1cc3c(cc1[n+]2CCCS(=O)(=O)O)OCCO3. The zero-order valence-corrected chi connectivity index (χ0v) is 23.5. The number of esters is 1. The number of aliphatic hydroxyl groups is 2. The minimum absolute atomic E-state index is 0.111. The summed E-state index contributed by atoms with van der Waals surface area (Å²) in [6, 6.07) is 11.7. The molecule has 1 aliphatic rings. The van der Waals surface area contributed by atoms with Crippen molar-refractivity contribution in [1.82, 2.24) is 0 Å². The molecule has 1 aromatic heterocycles. The number of carbonyl (C=O) groups excluding carboxylic acids is 1. The number of hydrogen-bond acceptors (Lipinski definition) is 9. The molecule has 3 N–H and O–H groups in total. The quantitative estimate of drug-likeness (QED) is 0.0703. The molecule has 0 unspecified atom stereocenters. The molecule has 2 heterocycles. The highest BCUT2D eigenvalue weighted by atomic mass is 32.2. The zero-order valence-electron chi connectivity index (χ0n) is 22.7. The summed E-state index contributed by atoms with van der Waals surface area (Å²) in [4.78, 5) is 14.0. The van der Waals surface area contributed by atoms with E-state index in [4.69, 9.17) is 18.9 Å². The highest BCUT2D eigenvalue weighted by molar-refractivity contribution is 7.85. The summed E-state index contributed by atoms with van der Waals surface area (Å²) >= 11 is 0. The molecule has 216 valence electrons. The van der Waals surface area contributed by atoms with Crippen LogP contribution in [0.4, 0.5) is 0 Å². The van der Waals surface area contributed by atoms with Crippen molar-refractivity contribution in [1.29, 1.82) is 0 Å². The lowest BCUT2D eigenvalue weighted by Gasteiger charge is -2.20. The van der Waals surface area contributed by atoms with E-state index in [1.54, 1.807) is 44.2 Å². The second kappa shape index (κ2) is 11.1. The molecule has 41 heavy (non-hydrogen) atoms. The average molecular weight is 585 g/mol. The van der Waals surface area contributed by atoms with Gasteiger partial charge in [0.15, 0.2) is 24.3 Å². The van der Waals surface area contributed by atoms with Crippen molar-refractivity contribution in [2.75, 3.05) is 26.1 Å². The van der Waals surface area contributed by atoms with Gasteiger partial charge >= 0.3 is 5.97 Å². The van der Waals surface area contributed by atoms with Crippen molar-refractivity contribution < 1.29 is 51.5 Å². The lowest BCUT2D eigenvalue weighted by molar-refractivity contribution is -0.645. The van der Waals surface area contributed by atoms with E-state index in [1.807, 2.05) is 4.57 Å². The van der Waals surface area contributed by atoms with Gasteiger partial charge in [0.2, 0.25) is 11.0 Å². The molecule has 0 saturated heterocycles. The summed E-state index contributed by atoms with van der Waals surface area (Å²) in [7, 11) is -2.68. The van der Waals surface area contributed by atoms with Crippen LogP contribution in [0.5, 0.6) is 23.0 Å². The number of pyridine rings is 1. The van der Waals surface area contributed by atoms with Gasteiger partial charge < -0.3 is 29.2 Å². The Bertz CT molecular complexity index is 1760. The minimum atomic E-state index is -4.18. The highest BCUT2D eigenvalue weighted by Crippen LogP contribution is 2.38. The van der Waals surface area contributed by atoms with E-state index in [-0.39, 0.29) is 29.8 Å². The highest BCUT2D eigenvalue weighted by Gasteiger charge is 2.30. The summed E-state index contributed by atoms with van der Waals surface area (Å²) in [6.45, 7) is 4.29. The van der Waals surface area contributed by atoms with Crippen molar-refractivity contribution in [3.05, 3.63) is 64.7 Å². The Kier molecular flexibility index (Phi) is 7.75. The first kappa shape index (κ1) is 28.6. The number of aliphatic hydroxyl groups excluding tert-OH is 1. The monoisotopic (exact) mass is 584 g/mol. The van der Waals surface area contributed by atoms with Gasteiger partial charge in [0, 0.05) is 18.1 Å². The van der Waals surface area contributed by atoms with Crippen molar-refractivity contribution in [2.24, 2.45) is 0 Å². The first-order chi connectivity index (χ1) is 19.5. The number of carbonyl (C=O) groups is 1. The maximum absolute atomic E-state index is 14.0. The molecule has 12 heteroatoms. The first-order valence-electron chi connectivity index (χ1n) is 12.9. The van der Waals surface area contributed by atoms with Crippen LogP contribution < -0.4 is 23.5 Å². The summed E-state index contributed by atoms with van der Waals surface area (Å²) in [5, 5.41) is 20.2. The van der Waals surface area contributed by atoms with E-state index in [9.17, 15) is 28.0 Å². The van der Waals surface area contributed by atoms with Crippen molar-refractivity contribution in [3.63, 3.8) is 0 Å². The number of aryl methyl sites for hydroxylation is 3. The largest absolute Gasteiger partial charge is 0.497 e. The van der Waals surface area contributed by atoms with E-state index >= 15 is 0 Å². The van der Waals surface area contributed by atoms with Gasteiger partial charge in [-0.3, -0.25) is 4.55 Å². The van der Waals surface area contributed by atoms with Crippen LogP contribution in [0, 0.1) is 13.8 Å². The van der Waals surface area contributed by atoms with Gasteiger partial charge in [-0.1, -0.05) is 0 Å². The Hall–Kier alpha value is -3.97. The number of nitrogens with zero attached hydrogens (tertiary/aromatic N) is 1. The molecule has 0 aliphatic carbocycles. The molecule has 0 amide bonds. The molecule has 3 aromatic carbocycles. The number of hydrogen-bond donors (Lipinski definition) is 3. The second-order valence-electron chi connectivity index (χ2n) is 9.81. The van der Waals surface area contributed by atoms with Crippen LogP contribution in [0.3, 0.4) is 0 Å². The molecule has 0 atom stereocenters. The Morgan fingerprint density at radius 3 is 2.22 bits per heavy atom. The number of methoxy groups -OCH3 is 1. The predicted molar refractivity (Wildman–Crippen MR) is 148 cm³/mol. The van der Waals surface area contributed by atoms with Crippen LogP contribution in [0.15, 0.2) is 42.5 Å². The van der Waals surface area contributed by atoms with Crippen LogP contribution in [0.25, 0.3) is 21.8 Å². The van der Waals surface area contributed by atoms with Crippen molar-refractivity contribution >= 4 is 37.9 Å². The number of rotatable bonds is 8. The minimum Gasteiger partial charge on any atom is -0.497 e. The number of benzene rings is 3. The Labute approximate surface area is 236 Å². The van der Waals surface area contributed by atoms with E-state index in [2.05, 4.69) is 0 Å². The molecule has 0 fully saturated rings. The molecule has 0 radical (unpaired) electrons. The fourth-order valence-corrected chi connectivity index (χ4v) is 5.65. The van der Waals surface area contributed by atoms with Gasteiger partial charge in [-0.25, -0.2) is 4.79 Å². The summed E-state index contributed by atoms with van der Waals surface area (Å²) in [5.41, 5.74) is 2.75. The van der Waals surface area contributed by atoms with E-state index < -0.39 is 28.1 Å². The normalized spacial score (nSPS) is 13.1. The standard InChI is InChI=1S/C29H29NO10S/c1-16-11-18(28(31)32)12-17(2)27(16)40-29(33)26-20-13-19(37-3)5-6-22(20)30(7-4-10-41(34,35)36)23-15-25-24(14-21(23)26)38-8-9-39-25/h5-6,11-15,28,31-32H,4,7-10H2,1-3H3/p+1. The zero-order chi connectivity index (χ0) is 29.5. The number of fused-ring (bicyclic) bond motifs is 3. The fourth-order valence-electron chi connectivity index (χ4n) is 5.16. The Morgan fingerprint density at radius 2 is 1.61 bits per heavy atom. The molecular weight excluding hydrogens is 554 g/mol. The third-order valence-electron chi connectivity index (χ3n) is 6.95. The van der Waals surface area contributed by atoms with E-state index in [0.717, 1.165) is 0 Å². The average Bonchev–Trinajstić information content (AvgIpc) is 2.92. The smallest absolute Gasteiger partial charge is 0.345 e. The summed E-state index contributed by atoms with van der Waals surface area (Å²) < 4.78 is 57.1. The Balaban J connectivity index is 1.74. The van der Waals surface area contributed by atoms with Gasteiger partial charge in [-0.15, -0.1) is 0 Å². The van der Waals surface area contributed by atoms with Crippen LogP contribution in [0.1, 0.15) is 39.8 Å². The molecule has 0 spiro atoms. The predicted octanol–water partition coefficient (Wildman–Crippen LogP) is 3.16.